The molecule has 0 radical (unpaired) electrons. The van der Waals surface area contributed by atoms with Crippen LogP contribution in [0.3, 0.4) is 0 Å². The molecule has 1 aliphatic rings. The van der Waals surface area contributed by atoms with E-state index in [1.54, 1.807) is 19.0 Å². The number of carbonyl (C=O) groups is 1. The second-order valence-corrected chi connectivity index (χ2v) is 7.93. The van der Waals surface area contributed by atoms with Crippen LogP contribution in [0.25, 0.3) is 11.1 Å². The number of aromatic nitrogens is 2. The lowest BCUT2D eigenvalue weighted by Gasteiger charge is -2.26. The van der Waals surface area contributed by atoms with Crippen LogP contribution in [0, 0.1) is 23.4 Å². The molecule has 32 heavy (non-hydrogen) atoms. The number of halogens is 4. The highest BCUT2D eigenvalue weighted by molar-refractivity contribution is 5.95. The minimum Gasteiger partial charge on any atom is -0.330 e. The molecule has 0 fully saturated rings. The predicted octanol–water partition coefficient (Wildman–Crippen LogP) is 4.01. The van der Waals surface area contributed by atoms with Crippen molar-refractivity contribution in [2.24, 2.45) is 0 Å². The Morgan fingerprint density at radius 1 is 1.12 bits per heavy atom. The van der Waals surface area contributed by atoms with Gasteiger partial charge in [0.25, 0.3) is 0 Å². The van der Waals surface area contributed by atoms with Crippen molar-refractivity contribution in [3.63, 3.8) is 0 Å². The quantitative estimate of drug-likeness (QED) is 0.581. The summed E-state index contributed by atoms with van der Waals surface area (Å²) in [6.07, 6.45) is 1.64. The highest BCUT2D eigenvalue weighted by Crippen LogP contribution is 2.35. The lowest BCUT2D eigenvalue weighted by atomic mass is 10.0. The SMILES string of the molecule is CN(C)CC(NC(=O)N1CCc2cc(-c3cn[nH]c3F)c(F)cc21)c1cc(F)cc(F)c1. The van der Waals surface area contributed by atoms with Crippen LogP contribution in [-0.2, 0) is 6.42 Å². The Kier molecular flexibility index (Phi) is 5.88. The fraction of sp³-hybridized carbons (Fsp3) is 0.273. The largest absolute Gasteiger partial charge is 0.330 e. The van der Waals surface area contributed by atoms with E-state index in [2.05, 4.69) is 15.5 Å². The molecule has 6 nitrogen and oxygen atoms in total. The molecule has 10 heteroatoms. The molecule has 1 aliphatic heterocycles. The van der Waals surface area contributed by atoms with Crippen LogP contribution in [0.5, 0.6) is 0 Å². The molecule has 0 saturated heterocycles. The van der Waals surface area contributed by atoms with Gasteiger partial charge in [0.1, 0.15) is 17.5 Å². The zero-order chi connectivity index (χ0) is 23.0. The molecule has 0 bridgehead atoms. The molecule has 1 aromatic heterocycles. The van der Waals surface area contributed by atoms with Crippen molar-refractivity contribution in [3.8, 4) is 11.1 Å². The van der Waals surface area contributed by atoms with Crippen LogP contribution < -0.4 is 10.2 Å². The van der Waals surface area contributed by atoms with Gasteiger partial charge in [-0.1, -0.05) is 0 Å². The number of nitrogens with one attached hydrogen (secondary N) is 2. The van der Waals surface area contributed by atoms with Crippen molar-refractivity contribution < 1.29 is 22.4 Å². The Morgan fingerprint density at radius 2 is 1.84 bits per heavy atom. The average Bonchev–Trinajstić information content (AvgIpc) is 3.31. The Bertz CT molecular complexity index is 1140. The minimum absolute atomic E-state index is 0.00683. The van der Waals surface area contributed by atoms with Gasteiger partial charge in [-0.05, 0) is 55.9 Å². The number of fused-ring (bicyclic) bond motifs is 1. The molecule has 0 spiro atoms. The third-order valence-corrected chi connectivity index (χ3v) is 5.32. The maximum Gasteiger partial charge on any atom is 0.322 e. The normalized spacial score (nSPS) is 14.0. The number of rotatable bonds is 5. The van der Waals surface area contributed by atoms with Crippen molar-refractivity contribution in [2.45, 2.75) is 12.5 Å². The van der Waals surface area contributed by atoms with Crippen molar-refractivity contribution in [1.82, 2.24) is 20.4 Å². The van der Waals surface area contributed by atoms with Gasteiger partial charge in [-0.25, -0.2) is 18.0 Å². The van der Waals surface area contributed by atoms with Crippen LogP contribution in [-0.4, -0.2) is 48.3 Å². The van der Waals surface area contributed by atoms with E-state index in [0.717, 1.165) is 6.07 Å². The summed E-state index contributed by atoms with van der Waals surface area (Å²) in [5.41, 5.74) is 1.38. The van der Waals surface area contributed by atoms with E-state index in [4.69, 9.17) is 0 Å². The van der Waals surface area contributed by atoms with Crippen LogP contribution in [0.2, 0.25) is 0 Å². The van der Waals surface area contributed by atoms with E-state index >= 15 is 0 Å². The predicted molar refractivity (Wildman–Crippen MR) is 111 cm³/mol. The number of aromatic amines is 1. The van der Waals surface area contributed by atoms with E-state index < -0.39 is 35.5 Å². The molecule has 2 amide bonds. The molecule has 168 valence electrons. The molecular formula is C22H21F4N5O. The second-order valence-electron chi connectivity index (χ2n) is 7.93. The summed E-state index contributed by atoms with van der Waals surface area (Å²) in [5, 5.41) is 8.50. The van der Waals surface area contributed by atoms with Gasteiger partial charge < -0.3 is 10.2 Å². The Balaban J connectivity index is 1.60. The number of urea groups is 1. The topological polar surface area (TPSA) is 64.3 Å². The third kappa shape index (κ3) is 4.31. The van der Waals surface area contributed by atoms with Gasteiger partial charge in [0.15, 0.2) is 0 Å². The fourth-order valence-electron chi connectivity index (χ4n) is 3.89. The lowest BCUT2D eigenvalue weighted by Crippen LogP contribution is -2.43. The number of likely N-dealkylation sites (N-methyl/N-ethyl adjacent to an activating group) is 1. The molecule has 3 aromatic rings. The Hall–Kier alpha value is -3.40. The average molecular weight is 447 g/mol. The first-order valence-electron chi connectivity index (χ1n) is 9.93. The first-order valence-corrected chi connectivity index (χ1v) is 9.93. The summed E-state index contributed by atoms with van der Waals surface area (Å²) in [6.45, 7) is 0.576. The first kappa shape index (κ1) is 21.8. The van der Waals surface area contributed by atoms with Crippen LogP contribution in [0.15, 0.2) is 36.5 Å². The standard InChI is InChI=1S/C22H21F4N5O/c1-30(2)11-19(13-5-14(23)8-15(24)6-13)28-22(32)31-4-3-12-7-16(18(25)9-20(12)31)17-10-27-29-21(17)26/h5-10,19H,3-4,11H2,1-2H3,(H,27,29)(H,28,32). The first-order chi connectivity index (χ1) is 15.2. The van der Waals surface area contributed by atoms with Crippen LogP contribution in [0.4, 0.5) is 28.0 Å². The minimum atomic E-state index is -0.745. The fourth-order valence-corrected chi connectivity index (χ4v) is 3.89. The molecule has 4 rings (SSSR count). The zero-order valence-electron chi connectivity index (χ0n) is 17.4. The summed E-state index contributed by atoms with van der Waals surface area (Å²) in [7, 11) is 3.54. The summed E-state index contributed by atoms with van der Waals surface area (Å²) in [4.78, 5) is 16.2. The number of hydrogen-bond acceptors (Lipinski definition) is 3. The maximum atomic E-state index is 14.8. The molecule has 2 N–H and O–H groups in total. The molecule has 0 saturated carbocycles. The van der Waals surface area contributed by atoms with Crippen molar-refractivity contribution in [2.75, 3.05) is 32.1 Å². The van der Waals surface area contributed by atoms with Gasteiger partial charge in [0.05, 0.1) is 23.5 Å². The highest BCUT2D eigenvalue weighted by Gasteiger charge is 2.29. The van der Waals surface area contributed by atoms with E-state index in [9.17, 15) is 22.4 Å². The zero-order valence-corrected chi connectivity index (χ0v) is 17.4. The molecule has 0 aliphatic carbocycles. The number of benzene rings is 2. The van der Waals surface area contributed by atoms with Gasteiger partial charge >= 0.3 is 6.03 Å². The third-order valence-electron chi connectivity index (χ3n) is 5.32. The summed E-state index contributed by atoms with van der Waals surface area (Å²) < 4.78 is 56.1. The number of anilines is 1. The number of H-pyrrole nitrogens is 1. The number of carbonyl (C=O) groups excluding carboxylic acids is 1. The van der Waals surface area contributed by atoms with Gasteiger partial charge in [-0.3, -0.25) is 10.00 Å². The van der Waals surface area contributed by atoms with E-state index in [-0.39, 0.29) is 23.2 Å². The van der Waals surface area contributed by atoms with Gasteiger partial charge in [-0.2, -0.15) is 9.49 Å². The van der Waals surface area contributed by atoms with E-state index in [1.165, 1.54) is 35.4 Å². The highest BCUT2D eigenvalue weighted by atomic mass is 19.1. The summed E-state index contributed by atoms with van der Waals surface area (Å²) >= 11 is 0. The Morgan fingerprint density at radius 3 is 2.47 bits per heavy atom. The monoisotopic (exact) mass is 447 g/mol. The van der Waals surface area contributed by atoms with Crippen molar-refractivity contribution >= 4 is 11.7 Å². The smallest absolute Gasteiger partial charge is 0.322 e. The maximum absolute atomic E-state index is 14.8. The molecule has 2 heterocycles. The molecule has 2 aromatic carbocycles. The lowest BCUT2D eigenvalue weighted by molar-refractivity contribution is 0.238. The summed E-state index contributed by atoms with van der Waals surface area (Å²) in [6, 6.07) is 4.56. The number of nitrogens with zero attached hydrogens (tertiary/aromatic N) is 3. The van der Waals surface area contributed by atoms with Crippen LogP contribution in [0.1, 0.15) is 17.2 Å². The second kappa shape index (κ2) is 8.62. The molecule has 1 atom stereocenters. The van der Waals surface area contributed by atoms with Crippen molar-refractivity contribution in [1.29, 1.82) is 0 Å². The van der Waals surface area contributed by atoms with Gasteiger partial charge in [-0.15, -0.1) is 0 Å². The van der Waals surface area contributed by atoms with E-state index in [1.807, 2.05) is 0 Å². The van der Waals surface area contributed by atoms with Crippen molar-refractivity contribution in [3.05, 3.63) is 71.1 Å². The Labute approximate surface area is 181 Å². The summed E-state index contributed by atoms with van der Waals surface area (Å²) in [5.74, 6) is -2.93. The number of amides is 2. The molecular weight excluding hydrogens is 426 g/mol. The van der Waals surface area contributed by atoms with Crippen LogP contribution >= 0.6 is 0 Å². The van der Waals surface area contributed by atoms with Gasteiger partial charge in [0.2, 0.25) is 5.95 Å². The van der Waals surface area contributed by atoms with E-state index in [0.29, 0.717) is 24.2 Å². The molecule has 1 unspecified atom stereocenters. The number of hydrogen-bond donors (Lipinski definition) is 2. The van der Waals surface area contributed by atoms with Gasteiger partial charge in [0, 0.05) is 24.7 Å².